The first-order chi connectivity index (χ1) is 13.8. The van der Waals surface area contributed by atoms with Crippen molar-refractivity contribution >= 4 is 34.8 Å². The molecule has 0 fully saturated rings. The van der Waals surface area contributed by atoms with Crippen LogP contribution in [0.4, 0.5) is 17.1 Å². The number of carbonyl (C=O) groups is 3. The van der Waals surface area contributed by atoms with Gasteiger partial charge in [-0.05, 0) is 36.8 Å². The summed E-state index contributed by atoms with van der Waals surface area (Å²) in [6.45, 7) is 5.74. The quantitative estimate of drug-likeness (QED) is 0.785. The average Bonchev–Trinajstić information content (AvgIpc) is 2.69. The van der Waals surface area contributed by atoms with E-state index in [4.69, 9.17) is 4.74 Å². The Labute approximate surface area is 170 Å². The van der Waals surface area contributed by atoms with Crippen molar-refractivity contribution in [2.45, 2.75) is 27.2 Å². The SMILES string of the molecule is Cc1ccc(NC(=O)C(C)C)cc1NC(=O)CCN1C(=O)COc2ccccc21. The summed E-state index contributed by atoms with van der Waals surface area (Å²) in [6, 6.07) is 12.6. The van der Waals surface area contributed by atoms with Crippen LogP contribution in [0.3, 0.4) is 0 Å². The molecule has 0 bridgehead atoms. The fourth-order valence-corrected chi connectivity index (χ4v) is 2.95. The molecule has 3 amide bonds. The zero-order valence-corrected chi connectivity index (χ0v) is 16.8. The lowest BCUT2D eigenvalue weighted by atomic mass is 10.1. The number of nitrogens with one attached hydrogen (secondary N) is 2. The number of para-hydroxylation sites is 2. The topological polar surface area (TPSA) is 87.7 Å². The Morgan fingerprint density at radius 1 is 1.14 bits per heavy atom. The van der Waals surface area contributed by atoms with Crippen LogP contribution in [-0.2, 0) is 14.4 Å². The molecule has 29 heavy (non-hydrogen) atoms. The van der Waals surface area contributed by atoms with Crippen molar-refractivity contribution in [3.63, 3.8) is 0 Å². The van der Waals surface area contributed by atoms with Gasteiger partial charge in [0.15, 0.2) is 6.61 Å². The van der Waals surface area contributed by atoms with Crippen molar-refractivity contribution in [3.05, 3.63) is 48.0 Å². The highest BCUT2D eigenvalue weighted by Crippen LogP contribution is 2.31. The number of nitrogens with zero attached hydrogens (tertiary/aromatic N) is 1. The molecule has 0 saturated heterocycles. The van der Waals surface area contributed by atoms with Gasteiger partial charge in [0.1, 0.15) is 5.75 Å². The number of hydrogen-bond acceptors (Lipinski definition) is 4. The number of benzene rings is 2. The van der Waals surface area contributed by atoms with Gasteiger partial charge in [-0.25, -0.2) is 0 Å². The largest absolute Gasteiger partial charge is 0.482 e. The van der Waals surface area contributed by atoms with Crippen molar-refractivity contribution < 1.29 is 19.1 Å². The summed E-state index contributed by atoms with van der Waals surface area (Å²) in [7, 11) is 0. The van der Waals surface area contributed by atoms with Crippen LogP contribution in [0.15, 0.2) is 42.5 Å². The maximum Gasteiger partial charge on any atom is 0.265 e. The smallest absolute Gasteiger partial charge is 0.265 e. The van der Waals surface area contributed by atoms with E-state index in [9.17, 15) is 14.4 Å². The molecule has 2 N–H and O–H groups in total. The molecule has 0 radical (unpaired) electrons. The van der Waals surface area contributed by atoms with E-state index in [1.54, 1.807) is 29.2 Å². The molecule has 0 saturated carbocycles. The Morgan fingerprint density at radius 2 is 1.90 bits per heavy atom. The number of anilines is 3. The van der Waals surface area contributed by atoms with Gasteiger partial charge in [0.05, 0.1) is 5.69 Å². The molecule has 0 unspecified atom stereocenters. The lowest BCUT2D eigenvalue weighted by Gasteiger charge is -2.29. The van der Waals surface area contributed by atoms with E-state index in [1.165, 1.54) is 0 Å². The van der Waals surface area contributed by atoms with E-state index in [0.29, 0.717) is 22.8 Å². The number of ether oxygens (including phenoxy) is 1. The number of hydrogen-bond donors (Lipinski definition) is 2. The van der Waals surface area contributed by atoms with Gasteiger partial charge in [-0.15, -0.1) is 0 Å². The molecule has 1 aliphatic rings. The Morgan fingerprint density at radius 3 is 2.66 bits per heavy atom. The van der Waals surface area contributed by atoms with Crippen LogP contribution in [0, 0.1) is 12.8 Å². The van der Waals surface area contributed by atoms with Crippen LogP contribution >= 0.6 is 0 Å². The number of fused-ring (bicyclic) bond motifs is 1. The molecule has 0 aromatic heterocycles. The molecule has 0 aliphatic carbocycles. The zero-order valence-electron chi connectivity index (χ0n) is 16.8. The average molecular weight is 395 g/mol. The number of carbonyl (C=O) groups excluding carboxylic acids is 3. The second-order valence-electron chi connectivity index (χ2n) is 7.27. The van der Waals surface area contributed by atoms with Gasteiger partial charge < -0.3 is 20.3 Å². The maximum absolute atomic E-state index is 12.5. The third kappa shape index (κ3) is 4.93. The van der Waals surface area contributed by atoms with Gasteiger partial charge in [-0.3, -0.25) is 14.4 Å². The molecular weight excluding hydrogens is 370 g/mol. The summed E-state index contributed by atoms with van der Waals surface area (Å²) >= 11 is 0. The summed E-state index contributed by atoms with van der Waals surface area (Å²) in [5.74, 6) is 0.0270. The highest BCUT2D eigenvalue weighted by Gasteiger charge is 2.25. The molecule has 1 heterocycles. The predicted molar refractivity (Wildman–Crippen MR) is 112 cm³/mol. The van der Waals surface area contributed by atoms with E-state index in [1.807, 2.05) is 39.0 Å². The van der Waals surface area contributed by atoms with Crippen LogP contribution in [0.2, 0.25) is 0 Å². The van der Waals surface area contributed by atoms with Crippen molar-refractivity contribution in [1.29, 1.82) is 0 Å². The number of amides is 3. The first kappa shape index (κ1) is 20.4. The highest BCUT2D eigenvalue weighted by atomic mass is 16.5. The Balaban J connectivity index is 1.64. The zero-order chi connectivity index (χ0) is 21.0. The van der Waals surface area contributed by atoms with Crippen molar-refractivity contribution in [3.8, 4) is 5.75 Å². The molecule has 7 heteroatoms. The Kier molecular flexibility index (Phi) is 6.16. The minimum Gasteiger partial charge on any atom is -0.482 e. The number of aryl methyl sites for hydroxylation is 1. The monoisotopic (exact) mass is 395 g/mol. The third-order valence-electron chi connectivity index (χ3n) is 4.67. The summed E-state index contributed by atoms with van der Waals surface area (Å²) in [6.07, 6.45) is 0.141. The van der Waals surface area contributed by atoms with Gasteiger partial charge in [0.2, 0.25) is 11.8 Å². The van der Waals surface area contributed by atoms with E-state index in [-0.39, 0.29) is 43.2 Å². The van der Waals surface area contributed by atoms with Crippen LogP contribution in [0.25, 0.3) is 0 Å². The second-order valence-corrected chi connectivity index (χ2v) is 7.27. The Bertz CT molecular complexity index is 939. The summed E-state index contributed by atoms with van der Waals surface area (Å²) in [4.78, 5) is 38.2. The van der Waals surface area contributed by atoms with Gasteiger partial charge in [-0.2, -0.15) is 0 Å². The minimum atomic E-state index is -0.211. The fourth-order valence-electron chi connectivity index (χ4n) is 2.95. The molecule has 7 nitrogen and oxygen atoms in total. The second kappa shape index (κ2) is 8.77. The van der Waals surface area contributed by atoms with E-state index < -0.39 is 0 Å². The van der Waals surface area contributed by atoms with Gasteiger partial charge in [0, 0.05) is 30.3 Å². The molecule has 2 aromatic rings. The lowest BCUT2D eigenvalue weighted by molar-refractivity contribution is -0.121. The first-order valence-corrected chi connectivity index (χ1v) is 9.58. The highest BCUT2D eigenvalue weighted by molar-refractivity contribution is 5.99. The summed E-state index contributed by atoms with van der Waals surface area (Å²) < 4.78 is 5.42. The molecule has 3 rings (SSSR count). The van der Waals surface area contributed by atoms with Gasteiger partial charge in [-0.1, -0.05) is 32.0 Å². The molecule has 2 aromatic carbocycles. The molecule has 152 valence electrons. The van der Waals surface area contributed by atoms with Crippen LogP contribution < -0.4 is 20.3 Å². The van der Waals surface area contributed by atoms with Crippen molar-refractivity contribution in [2.24, 2.45) is 5.92 Å². The van der Waals surface area contributed by atoms with Gasteiger partial charge in [0.25, 0.3) is 5.91 Å². The standard InChI is InChI=1S/C22H25N3O4/c1-14(2)22(28)23-16-9-8-15(3)17(12-16)24-20(26)10-11-25-18-6-4-5-7-19(18)29-13-21(25)27/h4-9,12,14H,10-11,13H2,1-3H3,(H,23,28)(H,24,26). The maximum atomic E-state index is 12.5. The molecule has 0 spiro atoms. The summed E-state index contributed by atoms with van der Waals surface area (Å²) in [5, 5.41) is 5.70. The molecular formula is C22H25N3O4. The lowest BCUT2D eigenvalue weighted by Crippen LogP contribution is -2.40. The van der Waals surface area contributed by atoms with Crippen molar-refractivity contribution in [1.82, 2.24) is 0 Å². The summed E-state index contributed by atoms with van der Waals surface area (Å²) in [5.41, 5.74) is 2.81. The first-order valence-electron chi connectivity index (χ1n) is 9.58. The van der Waals surface area contributed by atoms with E-state index in [2.05, 4.69) is 10.6 Å². The minimum absolute atomic E-state index is 0.0324. The van der Waals surface area contributed by atoms with E-state index in [0.717, 1.165) is 5.56 Å². The third-order valence-corrected chi connectivity index (χ3v) is 4.67. The van der Waals surface area contributed by atoms with E-state index >= 15 is 0 Å². The van der Waals surface area contributed by atoms with Crippen LogP contribution in [-0.4, -0.2) is 30.9 Å². The van der Waals surface area contributed by atoms with Gasteiger partial charge >= 0.3 is 0 Å². The molecule has 0 atom stereocenters. The Hall–Kier alpha value is -3.35. The predicted octanol–water partition coefficient (Wildman–Crippen LogP) is 3.34. The normalized spacial score (nSPS) is 13.0. The molecule has 1 aliphatic heterocycles. The van der Waals surface area contributed by atoms with Crippen molar-refractivity contribution in [2.75, 3.05) is 28.7 Å². The van der Waals surface area contributed by atoms with Crippen LogP contribution in [0.5, 0.6) is 5.75 Å². The number of rotatable bonds is 6. The fraction of sp³-hybridized carbons (Fsp3) is 0.318. The van der Waals surface area contributed by atoms with Crippen LogP contribution in [0.1, 0.15) is 25.8 Å².